The summed E-state index contributed by atoms with van der Waals surface area (Å²) in [6, 6.07) is 13.9. The van der Waals surface area contributed by atoms with Crippen molar-refractivity contribution in [1.29, 1.82) is 0 Å². The zero-order chi connectivity index (χ0) is 27.2. The van der Waals surface area contributed by atoms with E-state index in [0.29, 0.717) is 28.5 Å². The molecule has 2 saturated carbocycles. The van der Waals surface area contributed by atoms with Gasteiger partial charge in [-0.15, -0.1) is 0 Å². The molecule has 1 saturated heterocycles. The van der Waals surface area contributed by atoms with Crippen molar-refractivity contribution in [3.63, 3.8) is 0 Å². The molecule has 6 nitrogen and oxygen atoms in total. The van der Waals surface area contributed by atoms with Crippen molar-refractivity contribution >= 4 is 44.9 Å². The van der Waals surface area contributed by atoms with E-state index in [9.17, 15) is 23.1 Å². The first-order chi connectivity index (χ1) is 18.0. The fraction of sp³-hybridized carbons (Fsp3) is 0.517. The normalized spacial score (nSPS) is 27.7. The number of piperidine rings is 1. The molecular formula is C29H33Cl2NO5S. The number of carboxylic acids is 1. The van der Waals surface area contributed by atoms with E-state index < -0.39 is 37.8 Å². The number of sulfone groups is 1. The average molecular weight is 579 g/mol. The highest BCUT2D eigenvalue weighted by Crippen LogP contribution is 2.55. The Hall–Kier alpha value is -2.09. The lowest BCUT2D eigenvalue weighted by atomic mass is 9.66. The number of aliphatic carboxylic acids is 1. The number of rotatable bonds is 9. The maximum absolute atomic E-state index is 14.2. The van der Waals surface area contributed by atoms with E-state index in [2.05, 4.69) is 5.32 Å². The topological polar surface area (TPSA) is 101 Å². The molecule has 5 atom stereocenters. The maximum atomic E-state index is 14.2. The molecule has 1 amide bonds. The van der Waals surface area contributed by atoms with Crippen LogP contribution in [0.5, 0.6) is 0 Å². The number of carbonyl (C=O) groups is 2. The summed E-state index contributed by atoms with van der Waals surface area (Å²) in [5.41, 5.74) is 0.434. The fourth-order valence-electron chi connectivity index (χ4n) is 6.44. The maximum Gasteiger partial charge on any atom is 0.304 e. The van der Waals surface area contributed by atoms with E-state index in [1.807, 2.05) is 18.2 Å². The number of hydrogen-bond donors (Lipinski definition) is 2. The van der Waals surface area contributed by atoms with Crippen molar-refractivity contribution in [3.05, 3.63) is 69.7 Å². The first-order valence-corrected chi connectivity index (χ1v) is 15.6. The van der Waals surface area contributed by atoms with Crippen LogP contribution >= 0.6 is 23.2 Å². The molecule has 0 radical (unpaired) electrons. The number of halogens is 2. The van der Waals surface area contributed by atoms with Gasteiger partial charge in [-0.3, -0.25) is 9.59 Å². The van der Waals surface area contributed by atoms with Crippen molar-refractivity contribution < 1.29 is 23.1 Å². The van der Waals surface area contributed by atoms with Crippen molar-refractivity contribution in [2.45, 2.75) is 74.3 Å². The van der Waals surface area contributed by atoms with Gasteiger partial charge in [0.25, 0.3) is 0 Å². The number of amides is 1. The Kier molecular flexibility index (Phi) is 7.57. The van der Waals surface area contributed by atoms with Crippen molar-refractivity contribution in [1.82, 2.24) is 5.32 Å². The summed E-state index contributed by atoms with van der Waals surface area (Å²) < 4.78 is 28.4. The minimum absolute atomic E-state index is 0.126. The third kappa shape index (κ3) is 5.34. The van der Waals surface area contributed by atoms with E-state index in [0.717, 1.165) is 24.8 Å². The van der Waals surface area contributed by atoms with Gasteiger partial charge in [0.15, 0.2) is 9.84 Å². The first-order valence-electron chi connectivity index (χ1n) is 13.3. The lowest BCUT2D eigenvalue weighted by Gasteiger charge is -2.47. The minimum atomic E-state index is -3.58. The lowest BCUT2D eigenvalue weighted by Crippen LogP contribution is -2.58. The van der Waals surface area contributed by atoms with Gasteiger partial charge in [-0.2, -0.15) is 0 Å². The van der Waals surface area contributed by atoms with Crippen LogP contribution in [0.3, 0.4) is 0 Å². The predicted molar refractivity (Wildman–Crippen MR) is 148 cm³/mol. The Morgan fingerprint density at radius 3 is 2.32 bits per heavy atom. The molecule has 3 fully saturated rings. The van der Waals surface area contributed by atoms with Gasteiger partial charge in [0.2, 0.25) is 5.91 Å². The molecule has 0 bridgehead atoms. The Labute approximate surface area is 234 Å². The van der Waals surface area contributed by atoms with E-state index in [-0.39, 0.29) is 36.5 Å². The van der Waals surface area contributed by atoms with Gasteiger partial charge in [0.05, 0.1) is 22.3 Å². The van der Waals surface area contributed by atoms with Gasteiger partial charge in [-0.05, 0) is 73.4 Å². The van der Waals surface area contributed by atoms with E-state index in [1.165, 1.54) is 0 Å². The molecule has 2 aromatic carbocycles. The van der Waals surface area contributed by atoms with Gasteiger partial charge in [-0.25, -0.2) is 8.42 Å². The van der Waals surface area contributed by atoms with Crippen LogP contribution in [-0.4, -0.2) is 36.7 Å². The molecule has 38 heavy (non-hydrogen) atoms. The van der Waals surface area contributed by atoms with Crippen molar-refractivity contribution in [2.75, 3.05) is 0 Å². The van der Waals surface area contributed by atoms with Gasteiger partial charge in [-0.1, -0.05) is 60.8 Å². The summed E-state index contributed by atoms with van der Waals surface area (Å²) in [6.45, 7) is 1.68. The molecule has 5 rings (SSSR count). The third-order valence-electron chi connectivity index (χ3n) is 8.77. The molecule has 1 heterocycles. The average Bonchev–Trinajstić information content (AvgIpc) is 3.63. The largest absolute Gasteiger partial charge is 0.481 e. The molecule has 2 N–H and O–H groups in total. The third-order valence-corrected chi connectivity index (χ3v) is 12.0. The Balaban J connectivity index is 1.64. The SMILES string of the molecule is C[C@@]1(CC(=O)O)C[C@H](c2cccc(Cl)c2)[C@@H](C(C2CC2)[C@@H](c2ccc(Cl)cc2)S(=O)(=O)C2CCC2)NC1=O. The zero-order valence-corrected chi connectivity index (χ0v) is 23.6. The van der Waals surface area contributed by atoms with Crippen LogP contribution in [0, 0.1) is 17.3 Å². The number of nitrogens with one attached hydrogen (secondary N) is 1. The molecule has 1 aliphatic heterocycles. The first kappa shape index (κ1) is 27.5. The van der Waals surface area contributed by atoms with E-state index in [1.54, 1.807) is 37.3 Å². The Bertz CT molecular complexity index is 1320. The molecule has 0 aromatic heterocycles. The van der Waals surface area contributed by atoms with Crippen LogP contribution in [0.1, 0.15) is 74.2 Å². The predicted octanol–water partition coefficient (Wildman–Crippen LogP) is 6.18. The van der Waals surface area contributed by atoms with Crippen LogP contribution in [0.4, 0.5) is 0 Å². The van der Waals surface area contributed by atoms with Gasteiger partial charge < -0.3 is 10.4 Å². The summed E-state index contributed by atoms with van der Waals surface area (Å²) >= 11 is 12.6. The standard InChI is InChI=1S/C29H33Cl2NO5S/c1-29(16-24(33)34)15-23(19-4-2-5-21(31)14-19)26(32-28(29)35)25(17-8-9-17)27(18-10-12-20(30)13-11-18)38(36,37)22-6-3-7-22/h2,4-5,10-14,17,22-23,25-27H,3,6-9,15-16H2,1H3,(H,32,35)(H,33,34)/t23-,25?,26+,27-,29+/m1/s1. The second-order valence-corrected chi connectivity index (χ2v) is 14.8. The number of carbonyl (C=O) groups excluding carboxylic acids is 1. The van der Waals surface area contributed by atoms with Gasteiger partial charge >= 0.3 is 5.97 Å². The van der Waals surface area contributed by atoms with Gasteiger partial charge in [0, 0.05) is 27.9 Å². The highest BCUT2D eigenvalue weighted by Gasteiger charge is 2.55. The highest BCUT2D eigenvalue weighted by atomic mass is 35.5. The van der Waals surface area contributed by atoms with Crippen LogP contribution in [-0.2, 0) is 19.4 Å². The number of carboxylic acid groups (broad SMARTS) is 1. The van der Waals surface area contributed by atoms with Gasteiger partial charge in [0.1, 0.15) is 0 Å². The molecule has 9 heteroatoms. The Morgan fingerprint density at radius 1 is 1.08 bits per heavy atom. The van der Waals surface area contributed by atoms with Crippen molar-refractivity contribution in [2.24, 2.45) is 17.3 Å². The van der Waals surface area contributed by atoms with Crippen LogP contribution in [0.15, 0.2) is 48.5 Å². The van der Waals surface area contributed by atoms with E-state index >= 15 is 0 Å². The molecule has 3 aliphatic rings. The molecule has 2 aliphatic carbocycles. The van der Waals surface area contributed by atoms with Crippen LogP contribution < -0.4 is 5.32 Å². The summed E-state index contributed by atoms with van der Waals surface area (Å²) in [4.78, 5) is 25.3. The summed E-state index contributed by atoms with van der Waals surface area (Å²) in [6.07, 6.45) is 3.94. The number of benzene rings is 2. The monoisotopic (exact) mass is 577 g/mol. The summed E-state index contributed by atoms with van der Waals surface area (Å²) in [7, 11) is -3.58. The smallest absolute Gasteiger partial charge is 0.304 e. The lowest BCUT2D eigenvalue weighted by molar-refractivity contribution is -0.147. The second kappa shape index (κ2) is 10.5. The molecule has 1 unspecified atom stereocenters. The molecule has 0 spiro atoms. The number of hydrogen-bond acceptors (Lipinski definition) is 4. The quantitative estimate of drug-likeness (QED) is 0.370. The van der Waals surface area contributed by atoms with Crippen LogP contribution in [0.25, 0.3) is 0 Å². The van der Waals surface area contributed by atoms with E-state index in [4.69, 9.17) is 23.2 Å². The van der Waals surface area contributed by atoms with Crippen LogP contribution in [0.2, 0.25) is 10.0 Å². The molecule has 2 aromatic rings. The molecule has 204 valence electrons. The minimum Gasteiger partial charge on any atom is -0.481 e. The second-order valence-electron chi connectivity index (χ2n) is 11.5. The Morgan fingerprint density at radius 2 is 1.76 bits per heavy atom. The summed E-state index contributed by atoms with van der Waals surface area (Å²) in [5.74, 6) is -1.93. The van der Waals surface area contributed by atoms with Crippen molar-refractivity contribution in [3.8, 4) is 0 Å². The summed E-state index contributed by atoms with van der Waals surface area (Å²) in [5, 5.41) is 12.6. The highest BCUT2D eigenvalue weighted by molar-refractivity contribution is 7.92. The fourth-order valence-corrected chi connectivity index (χ4v) is 9.54. The zero-order valence-electron chi connectivity index (χ0n) is 21.3. The molecular weight excluding hydrogens is 545 g/mol.